The van der Waals surface area contributed by atoms with Crippen LogP contribution in [-0.2, 0) is 5.41 Å². The Morgan fingerprint density at radius 2 is 1.67 bits per heavy atom. The molecule has 0 atom stereocenters. The molecule has 0 fully saturated rings. The standard InChI is InChI=1S/C22H22FN3O/c1-22(2,3)16-8-10-17(11-9-16)25-18-12-15(13-24-14-18)21(27)26-20-7-5-4-6-19(20)23/h4-14,25H,1-3H3,(H,26,27). The summed E-state index contributed by atoms with van der Waals surface area (Å²) in [5, 5.41) is 5.80. The van der Waals surface area contributed by atoms with Crippen LogP contribution >= 0.6 is 0 Å². The summed E-state index contributed by atoms with van der Waals surface area (Å²) in [6.45, 7) is 6.49. The zero-order valence-electron chi connectivity index (χ0n) is 15.6. The maximum absolute atomic E-state index is 13.7. The van der Waals surface area contributed by atoms with E-state index in [1.54, 1.807) is 24.4 Å². The molecule has 1 aromatic heterocycles. The van der Waals surface area contributed by atoms with Gasteiger partial charge in [0.25, 0.3) is 5.91 Å². The van der Waals surface area contributed by atoms with Crippen molar-refractivity contribution in [3.8, 4) is 0 Å². The van der Waals surface area contributed by atoms with Gasteiger partial charge in [-0.3, -0.25) is 9.78 Å². The van der Waals surface area contributed by atoms with Gasteiger partial charge in [-0.25, -0.2) is 4.39 Å². The molecule has 5 heteroatoms. The summed E-state index contributed by atoms with van der Waals surface area (Å²) in [5.41, 5.74) is 3.39. The molecule has 2 aromatic carbocycles. The van der Waals surface area contributed by atoms with Gasteiger partial charge in [0.15, 0.2) is 0 Å². The number of aromatic nitrogens is 1. The number of carbonyl (C=O) groups is 1. The van der Waals surface area contributed by atoms with Crippen molar-refractivity contribution in [3.63, 3.8) is 0 Å². The Balaban J connectivity index is 1.73. The number of amides is 1. The third-order valence-electron chi connectivity index (χ3n) is 4.16. The van der Waals surface area contributed by atoms with Crippen LogP contribution in [0.3, 0.4) is 0 Å². The van der Waals surface area contributed by atoms with Crippen LogP contribution in [0.2, 0.25) is 0 Å². The van der Waals surface area contributed by atoms with E-state index in [1.165, 1.54) is 23.9 Å². The SMILES string of the molecule is CC(C)(C)c1ccc(Nc2cncc(C(=O)Nc3ccccc3F)c2)cc1. The lowest BCUT2D eigenvalue weighted by Crippen LogP contribution is -2.13. The number of pyridine rings is 1. The first kappa shape index (κ1) is 18.6. The van der Waals surface area contributed by atoms with Gasteiger partial charge in [-0.05, 0) is 41.3 Å². The highest BCUT2D eigenvalue weighted by Gasteiger charge is 2.13. The van der Waals surface area contributed by atoms with Gasteiger partial charge in [0.05, 0.1) is 23.1 Å². The number of nitrogens with one attached hydrogen (secondary N) is 2. The molecule has 0 radical (unpaired) electrons. The minimum Gasteiger partial charge on any atom is -0.354 e. The molecule has 0 aliphatic carbocycles. The van der Waals surface area contributed by atoms with Crippen LogP contribution in [0.15, 0.2) is 67.0 Å². The molecule has 27 heavy (non-hydrogen) atoms. The molecule has 4 nitrogen and oxygen atoms in total. The van der Waals surface area contributed by atoms with Crippen molar-refractivity contribution in [1.82, 2.24) is 4.98 Å². The third-order valence-corrected chi connectivity index (χ3v) is 4.16. The van der Waals surface area contributed by atoms with E-state index in [0.717, 1.165) is 5.69 Å². The van der Waals surface area contributed by atoms with Crippen LogP contribution in [0.5, 0.6) is 0 Å². The molecule has 0 bridgehead atoms. The Bertz CT molecular complexity index is 946. The number of hydrogen-bond donors (Lipinski definition) is 2. The minimum atomic E-state index is -0.480. The molecule has 0 unspecified atom stereocenters. The fourth-order valence-corrected chi connectivity index (χ4v) is 2.61. The van der Waals surface area contributed by atoms with E-state index in [1.807, 2.05) is 12.1 Å². The summed E-state index contributed by atoms with van der Waals surface area (Å²) in [7, 11) is 0. The molecule has 0 spiro atoms. The van der Waals surface area contributed by atoms with Crippen LogP contribution in [0.4, 0.5) is 21.5 Å². The van der Waals surface area contributed by atoms with E-state index in [-0.39, 0.29) is 11.1 Å². The molecular weight excluding hydrogens is 341 g/mol. The van der Waals surface area contributed by atoms with Gasteiger partial charge in [-0.1, -0.05) is 45.0 Å². The predicted molar refractivity (Wildman–Crippen MR) is 107 cm³/mol. The van der Waals surface area contributed by atoms with Crippen molar-refractivity contribution in [2.24, 2.45) is 0 Å². The highest BCUT2D eigenvalue weighted by molar-refractivity contribution is 6.04. The highest BCUT2D eigenvalue weighted by Crippen LogP contribution is 2.25. The Labute approximate surface area is 158 Å². The maximum atomic E-state index is 13.7. The summed E-state index contributed by atoms with van der Waals surface area (Å²) >= 11 is 0. The lowest BCUT2D eigenvalue weighted by Gasteiger charge is -2.19. The van der Waals surface area contributed by atoms with Crippen LogP contribution < -0.4 is 10.6 Å². The summed E-state index contributed by atoms with van der Waals surface area (Å²) < 4.78 is 13.7. The fourth-order valence-electron chi connectivity index (χ4n) is 2.61. The molecule has 0 aliphatic heterocycles. The third kappa shape index (κ3) is 4.70. The van der Waals surface area contributed by atoms with E-state index in [0.29, 0.717) is 11.3 Å². The van der Waals surface area contributed by atoms with Crippen molar-refractivity contribution in [2.75, 3.05) is 10.6 Å². The van der Waals surface area contributed by atoms with E-state index < -0.39 is 11.7 Å². The number of anilines is 3. The van der Waals surface area contributed by atoms with Gasteiger partial charge in [0.2, 0.25) is 0 Å². The van der Waals surface area contributed by atoms with Gasteiger partial charge >= 0.3 is 0 Å². The molecule has 1 heterocycles. The summed E-state index contributed by atoms with van der Waals surface area (Å²) in [4.78, 5) is 16.5. The molecule has 2 N–H and O–H groups in total. The molecule has 0 aliphatic rings. The monoisotopic (exact) mass is 363 g/mol. The Morgan fingerprint density at radius 1 is 0.963 bits per heavy atom. The second-order valence-electron chi connectivity index (χ2n) is 7.35. The van der Waals surface area contributed by atoms with Gasteiger partial charge in [-0.2, -0.15) is 0 Å². The van der Waals surface area contributed by atoms with Gasteiger partial charge in [0.1, 0.15) is 5.82 Å². The Kier molecular flexibility index (Phi) is 5.21. The number of benzene rings is 2. The summed E-state index contributed by atoms with van der Waals surface area (Å²) in [5.74, 6) is -0.897. The molecule has 138 valence electrons. The number of para-hydroxylation sites is 1. The minimum absolute atomic E-state index is 0.0881. The van der Waals surface area contributed by atoms with E-state index >= 15 is 0 Å². The van der Waals surface area contributed by atoms with Crippen LogP contribution in [0.1, 0.15) is 36.7 Å². The van der Waals surface area contributed by atoms with Crippen molar-refractivity contribution in [2.45, 2.75) is 26.2 Å². The summed E-state index contributed by atoms with van der Waals surface area (Å²) in [6.07, 6.45) is 3.08. The molecule has 0 saturated heterocycles. The molecule has 3 aromatic rings. The van der Waals surface area contributed by atoms with E-state index in [2.05, 4.69) is 48.5 Å². The zero-order valence-corrected chi connectivity index (χ0v) is 15.6. The van der Waals surface area contributed by atoms with Gasteiger partial charge in [0, 0.05) is 11.9 Å². The van der Waals surface area contributed by atoms with Crippen molar-refractivity contribution in [3.05, 3.63) is 83.9 Å². The maximum Gasteiger partial charge on any atom is 0.257 e. The number of carbonyl (C=O) groups excluding carboxylic acids is 1. The smallest absolute Gasteiger partial charge is 0.257 e. The first-order valence-electron chi connectivity index (χ1n) is 8.71. The van der Waals surface area contributed by atoms with Crippen molar-refractivity contribution < 1.29 is 9.18 Å². The Morgan fingerprint density at radius 3 is 2.33 bits per heavy atom. The number of nitrogens with zero attached hydrogens (tertiary/aromatic N) is 1. The summed E-state index contributed by atoms with van der Waals surface area (Å²) in [6, 6.07) is 15.9. The molecule has 0 saturated carbocycles. The second-order valence-corrected chi connectivity index (χ2v) is 7.35. The van der Waals surface area contributed by atoms with Crippen LogP contribution in [-0.4, -0.2) is 10.9 Å². The molecule has 3 rings (SSSR count). The quantitative estimate of drug-likeness (QED) is 0.642. The first-order valence-corrected chi connectivity index (χ1v) is 8.71. The largest absolute Gasteiger partial charge is 0.354 e. The molecular formula is C22H22FN3O. The second kappa shape index (κ2) is 7.58. The highest BCUT2D eigenvalue weighted by atomic mass is 19.1. The number of rotatable bonds is 4. The van der Waals surface area contributed by atoms with E-state index in [9.17, 15) is 9.18 Å². The number of halogens is 1. The number of hydrogen-bond acceptors (Lipinski definition) is 3. The predicted octanol–water partition coefficient (Wildman–Crippen LogP) is 5.51. The van der Waals surface area contributed by atoms with E-state index in [4.69, 9.17) is 0 Å². The average Bonchev–Trinajstić information content (AvgIpc) is 2.63. The lowest BCUT2D eigenvalue weighted by atomic mass is 9.87. The van der Waals surface area contributed by atoms with Crippen LogP contribution in [0, 0.1) is 5.82 Å². The molecule has 1 amide bonds. The average molecular weight is 363 g/mol. The lowest BCUT2D eigenvalue weighted by molar-refractivity contribution is 0.102. The topological polar surface area (TPSA) is 54.0 Å². The van der Waals surface area contributed by atoms with Gasteiger partial charge < -0.3 is 10.6 Å². The normalized spacial score (nSPS) is 11.1. The van der Waals surface area contributed by atoms with Crippen molar-refractivity contribution >= 4 is 23.0 Å². The zero-order chi connectivity index (χ0) is 19.4. The Hall–Kier alpha value is -3.21. The fraction of sp³-hybridized carbons (Fsp3) is 0.182. The van der Waals surface area contributed by atoms with Crippen molar-refractivity contribution in [1.29, 1.82) is 0 Å². The van der Waals surface area contributed by atoms with Crippen LogP contribution in [0.25, 0.3) is 0 Å². The first-order chi connectivity index (χ1) is 12.8. The van der Waals surface area contributed by atoms with Gasteiger partial charge in [-0.15, -0.1) is 0 Å².